The van der Waals surface area contributed by atoms with Crippen LogP contribution in [0.5, 0.6) is 0 Å². The molecular formula is C13H13N3O2. The molecule has 18 heavy (non-hydrogen) atoms. The molecule has 0 spiro atoms. The number of aromatic nitrogens is 3. The summed E-state index contributed by atoms with van der Waals surface area (Å²) in [5.74, 6) is -0.354. The molecule has 0 fully saturated rings. The number of nitrogens with zero attached hydrogens (tertiary/aromatic N) is 3. The molecule has 2 aromatic heterocycles. The summed E-state index contributed by atoms with van der Waals surface area (Å²) in [6.45, 7) is 3.89. The summed E-state index contributed by atoms with van der Waals surface area (Å²) in [6.07, 6.45) is 4.83. The largest absolute Gasteiger partial charge is 0.462 e. The van der Waals surface area contributed by atoms with Crippen LogP contribution in [0.2, 0.25) is 0 Å². The van der Waals surface area contributed by atoms with E-state index in [1.54, 1.807) is 44.6 Å². The number of hydrogen-bond acceptors (Lipinski definition) is 5. The van der Waals surface area contributed by atoms with E-state index in [-0.39, 0.29) is 5.97 Å². The summed E-state index contributed by atoms with van der Waals surface area (Å²) in [4.78, 5) is 24.1. The van der Waals surface area contributed by atoms with E-state index in [0.717, 1.165) is 0 Å². The third kappa shape index (κ3) is 2.51. The van der Waals surface area contributed by atoms with Crippen LogP contribution in [0.4, 0.5) is 0 Å². The Balaban J connectivity index is 2.34. The summed E-state index contributed by atoms with van der Waals surface area (Å²) in [6, 6.07) is 3.44. The van der Waals surface area contributed by atoms with E-state index in [2.05, 4.69) is 15.0 Å². The summed E-state index contributed by atoms with van der Waals surface area (Å²) in [5.41, 5.74) is 2.46. The highest BCUT2D eigenvalue weighted by atomic mass is 16.5. The molecule has 92 valence electrons. The van der Waals surface area contributed by atoms with Crippen molar-refractivity contribution in [3.63, 3.8) is 0 Å². The molecule has 0 aliphatic carbocycles. The minimum absolute atomic E-state index is 0.351. The fourth-order valence-electron chi connectivity index (χ4n) is 1.56. The number of rotatable bonds is 3. The predicted molar refractivity (Wildman–Crippen MR) is 66.0 cm³/mol. The van der Waals surface area contributed by atoms with E-state index < -0.39 is 0 Å². The van der Waals surface area contributed by atoms with Crippen molar-refractivity contribution in [2.45, 2.75) is 13.8 Å². The molecule has 0 aliphatic rings. The quantitative estimate of drug-likeness (QED) is 0.772. The van der Waals surface area contributed by atoms with Gasteiger partial charge >= 0.3 is 5.97 Å². The molecule has 0 amide bonds. The van der Waals surface area contributed by atoms with E-state index >= 15 is 0 Å². The van der Waals surface area contributed by atoms with Crippen LogP contribution >= 0.6 is 0 Å². The normalized spacial score (nSPS) is 10.1. The van der Waals surface area contributed by atoms with Gasteiger partial charge in [-0.3, -0.25) is 15.0 Å². The molecule has 5 nitrogen and oxygen atoms in total. The second-order valence-corrected chi connectivity index (χ2v) is 3.64. The standard InChI is InChI=1S/C13H13N3O2/c1-3-18-13(17)10-4-5-11(16-9(10)2)12-8-14-6-7-15-12/h4-8H,3H2,1-2H3. The number of esters is 1. The smallest absolute Gasteiger partial charge is 0.339 e. The molecule has 0 radical (unpaired) electrons. The first kappa shape index (κ1) is 12.2. The van der Waals surface area contributed by atoms with Crippen molar-refractivity contribution in [3.05, 3.63) is 42.0 Å². The molecule has 0 atom stereocenters. The van der Waals surface area contributed by atoms with Crippen molar-refractivity contribution in [1.82, 2.24) is 15.0 Å². The maximum Gasteiger partial charge on any atom is 0.339 e. The zero-order valence-corrected chi connectivity index (χ0v) is 10.3. The SMILES string of the molecule is CCOC(=O)c1ccc(-c2cnccn2)nc1C. The highest BCUT2D eigenvalue weighted by Crippen LogP contribution is 2.16. The number of hydrogen-bond donors (Lipinski definition) is 0. The van der Waals surface area contributed by atoms with Gasteiger partial charge in [-0.25, -0.2) is 4.79 Å². The van der Waals surface area contributed by atoms with Crippen LogP contribution in [-0.4, -0.2) is 27.5 Å². The van der Waals surface area contributed by atoms with Crippen molar-refractivity contribution in [2.24, 2.45) is 0 Å². The Labute approximate surface area is 105 Å². The maximum atomic E-state index is 11.6. The molecule has 0 aliphatic heterocycles. The molecule has 0 saturated heterocycles. The Morgan fingerprint density at radius 1 is 1.28 bits per heavy atom. The molecule has 2 heterocycles. The minimum Gasteiger partial charge on any atom is -0.462 e. The Kier molecular flexibility index (Phi) is 3.62. The number of carbonyl (C=O) groups is 1. The molecule has 2 aromatic rings. The summed E-state index contributed by atoms with van der Waals surface area (Å²) in [5, 5.41) is 0. The van der Waals surface area contributed by atoms with Crippen molar-refractivity contribution in [3.8, 4) is 11.4 Å². The van der Waals surface area contributed by atoms with Crippen LogP contribution in [-0.2, 0) is 4.74 Å². The topological polar surface area (TPSA) is 65.0 Å². The summed E-state index contributed by atoms with van der Waals surface area (Å²) < 4.78 is 4.95. The van der Waals surface area contributed by atoms with Gasteiger partial charge in [0.1, 0.15) is 5.69 Å². The molecule has 0 bridgehead atoms. The van der Waals surface area contributed by atoms with Crippen molar-refractivity contribution in [1.29, 1.82) is 0 Å². The highest BCUT2D eigenvalue weighted by molar-refractivity contribution is 5.90. The number of pyridine rings is 1. The van der Waals surface area contributed by atoms with Crippen LogP contribution in [0.3, 0.4) is 0 Å². The van der Waals surface area contributed by atoms with Crippen molar-refractivity contribution >= 4 is 5.97 Å². The minimum atomic E-state index is -0.354. The van der Waals surface area contributed by atoms with Gasteiger partial charge in [-0.05, 0) is 26.0 Å². The predicted octanol–water partition coefficient (Wildman–Crippen LogP) is 2.02. The zero-order valence-electron chi connectivity index (χ0n) is 10.3. The Bertz CT molecular complexity index is 555. The monoisotopic (exact) mass is 243 g/mol. The van der Waals surface area contributed by atoms with Crippen LogP contribution in [0.15, 0.2) is 30.7 Å². The van der Waals surface area contributed by atoms with Gasteiger partial charge in [0.05, 0.1) is 29.8 Å². The first-order chi connectivity index (χ1) is 8.72. The highest BCUT2D eigenvalue weighted by Gasteiger charge is 2.12. The maximum absolute atomic E-state index is 11.6. The van der Waals surface area contributed by atoms with Gasteiger partial charge in [0.15, 0.2) is 0 Å². The summed E-state index contributed by atoms with van der Waals surface area (Å²) >= 11 is 0. The lowest BCUT2D eigenvalue weighted by Gasteiger charge is -2.06. The Hall–Kier alpha value is -2.30. The van der Waals surface area contributed by atoms with Gasteiger partial charge < -0.3 is 4.74 Å². The number of aryl methyl sites for hydroxylation is 1. The lowest BCUT2D eigenvalue weighted by Crippen LogP contribution is -2.08. The van der Waals surface area contributed by atoms with Crippen LogP contribution in [0.25, 0.3) is 11.4 Å². The first-order valence-corrected chi connectivity index (χ1v) is 5.63. The number of ether oxygens (including phenoxy) is 1. The third-order valence-electron chi connectivity index (χ3n) is 2.41. The molecule has 5 heteroatoms. The van der Waals surface area contributed by atoms with Crippen molar-refractivity contribution < 1.29 is 9.53 Å². The van der Waals surface area contributed by atoms with Crippen LogP contribution in [0.1, 0.15) is 23.0 Å². The van der Waals surface area contributed by atoms with E-state index in [1.807, 2.05) is 0 Å². The van der Waals surface area contributed by atoms with E-state index in [4.69, 9.17) is 4.74 Å². The van der Waals surface area contributed by atoms with Gasteiger partial charge in [0.25, 0.3) is 0 Å². The fraction of sp³-hybridized carbons (Fsp3) is 0.231. The second kappa shape index (κ2) is 5.35. The van der Waals surface area contributed by atoms with E-state index in [1.165, 1.54) is 0 Å². The van der Waals surface area contributed by atoms with E-state index in [9.17, 15) is 4.79 Å². The second-order valence-electron chi connectivity index (χ2n) is 3.64. The van der Waals surface area contributed by atoms with Gasteiger partial charge in [0.2, 0.25) is 0 Å². The van der Waals surface area contributed by atoms with Crippen LogP contribution < -0.4 is 0 Å². The molecule has 2 rings (SSSR count). The summed E-state index contributed by atoms with van der Waals surface area (Å²) in [7, 11) is 0. The Morgan fingerprint density at radius 3 is 2.72 bits per heavy atom. The van der Waals surface area contributed by atoms with Gasteiger partial charge in [-0.15, -0.1) is 0 Å². The van der Waals surface area contributed by atoms with Crippen LogP contribution in [0, 0.1) is 6.92 Å². The molecule has 0 unspecified atom stereocenters. The molecule has 0 saturated carbocycles. The van der Waals surface area contributed by atoms with E-state index in [0.29, 0.717) is 29.3 Å². The lowest BCUT2D eigenvalue weighted by atomic mass is 10.1. The average Bonchev–Trinajstić information content (AvgIpc) is 2.40. The number of carbonyl (C=O) groups excluding carboxylic acids is 1. The van der Waals surface area contributed by atoms with Crippen molar-refractivity contribution in [2.75, 3.05) is 6.61 Å². The van der Waals surface area contributed by atoms with Gasteiger partial charge in [-0.2, -0.15) is 0 Å². The third-order valence-corrected chi connectivity index (χ3v) is 2.41. The molecule has 0 N–H and O–H groups in total. The zero-order chi connectivity index (χ0) is 13.0. The molecule has 0 aromatic carbocycles. The first-order valence-electron chi connectivity index (χ1n) is 5.63. The van der Waals surface area contributed by atoms with Gasteiger partial charge in [-0.1, -0.05) is 0 Å². The Morgan fingerprint density at radius 2 is 2.11 bits per heavy atom. The average molecular weight is 243 g/mol. The van der Waals surface area contributed by atoms with Gasteiger partial charge in [0, 0.05) is 12.4 Å². The molecular weight excluding hydrogens is 230 g/mol. The lowest BCUT2D eigenvalue weighted by molar-refractivity contribution is 0.0525. The fourth-order valence-corrected chi connectivity index (χ4v) is 1.56.